The second-order valence-corrected chi connectivity index (χ2v) is 7.94. The Morgan fingerprint density at radius 1 is 0.967 bits per heavy atom. The quantitative estimate of drug-likeness (QED) is 0.458. The number of halogens is 1. The first-order valence-corrected chi connectivity index (χ1v) is 10.1. The van der Waals surface area contributed by atoms with Gasteiger partial charge in [-0.3, -0.25) is 14.9 Å². The van der Waals surface area contributed by atoms with Gasteiger partial charge in [-0.05, 0) is 68.0 Å². The number of aromatic nitrogens is 1. The summed E-state index contributed by atoms with van der Waals surface area (Å²) in [7, 11) is 0. The highest BCUT2D eigenvalue weighted by molar-refractivity contribution is 9.10. The lowest BCUT2D eigenvalue weighted by Gasteiger charge is -2.26. The standard InChI is InChI=1S/C23H18BrN3O3/c1-14-5-10-20(15(2)12-14)26-11-3-4-18(26)13-19-21(28)25-23(30)27(22(19)29)17-8-6-16(24)7-9-17/h3-13H,1-2H3,(H,25,28,30)/b19-13+. The number of barbiturate groups is 1. The zero-order valence-corrected chi connectivity index (χ0v) is 17.9. The fourth-order valence-corrected chi connectivity index (χ4v) is 3.70. The van der Waals surface area contributed by atoms with Gasteiger partial charge in [0.1, 0.15) is 5.57 Å². The van der Waals surface area contributed by atoms with Crippen molar-refractivity contribution in [1.29, 1.82) is 0 Å². The van der Waals surface area contributed by atoms with Crippen LogP contribution in [0, 0.1) is 13.8 Å². The molecule has 0 radical (unpaired) electrons. The topological polar surface area (TPSA) is 71.4 Å². The number of carbonyl (C=O) groups is 3. The van der Waals surface area contributed by atoms with Crippen molar-refractivity contribution in [2.24, 2.45) is 0 Å². The number of carbonyl (C=O) groups excluding carboxylic acids is 3. The van der Waals surface area contributed by atoms with Gasteiger partial charge in [0.15, 0.2) is 0 Å². The van der Waals surface area contributed by atoms with Gasteiger partial charge in [0.05, 0.1) is 5.69 Å². The van der Waals surface area contributed by atoms with Crippen LogP contribution in [0.5, 0.6) is 0 Å². The van der Waals surface area contributed by atoms with Crippen LogP contribution in [0.2, 0.25) is 0 Å². The summed E-state index contributed by atoms with van der Waals surface area (Å²) in [5, 5.41) is 2.25. The first-order chi connectivity index (χ1) is 14.3. The summed E-state index contributed by atoms with van der Waals surface area (Å²) in [6, 6.07) is 15.7. The second kappa shape index (κ2) is 7.76. The Hall–Kier alpha value is -3.45. The Morgan fingerprint density at radius 3 is 2.40 bits per heavy atom. The Labute approximate surface area is 181 Å². The largest absolute Gasteiger partial charge is 0.335 e. The van der Waals surface area contributed by atoms with E-state index in [-0.39, 0.29) is 5.57 Å². The third-order valence-corrected chi connectivity index (χ3v) is 5.40. The lowest BCUT2D eigenvalue weighted by molar-refractivity contribution is -0.122. The van der Waals surface area contributed by atoms with E-state index in [1.54, 1.807) is 24.3 Å². The summed E-state index contributed by atoms with van der Waals surface area (Å²) < 4.78 is 2.72. The monoisotopic (exact) mass is 463 g/mol. The van der Waals surface area contributed by atoms with E-state index >= 15 is 0 Å². The molecule has 3 aromatic rings. The van der Waals surface area contributed by atoms with Gasteiger partial charge in [0.25, 0.3) is 11.8 Å². The number of anilines is 1. The molecule has 2 heterocycles. The van der Waals surface area contributed by atoms with E-state index < -0.39 is 17.8 Å². The molecule has 0 unspecified atom stereocenters. The predicted octanol–water partition coefficient (Wildman–Crippen LogP) is 4.52. The van der Waals surface area contributed by atoms with Crippen molar-refractivity contribution in [2.75, 3.05) is 4.90 Å². The molecule has 1 aliphatic rings. The van der Waals surface area contributed by atoms with Crippen molar-refractivity contribution in [2.45, 2.75) is 13.8 Å². The van der Waals surface area contributed by atoms with E-state index in [2.05, 4.69) is 27.3 Å². The molecule has 4 amide bonds. The average molecular weight is 464 g/mol. The molecule has 0 aliphatic carbocycles. The van der Waals surface area contributed by atoms with Crippen LogP contribution in [-0.2, 0) is 9.59 Å². The van der Waals surface area contributed by atoms with Crippen molar-refractivity contribution < 1.29 is 14.4 Å². The van der Waals surface area contributed by atoms with Gasteiger partial charge in [-0.15, -0.1) is 0 Å². The van der Waals surface area contributed by atoms with Gasteiger partial charge in [-0.1, -0.05) is 33.6 Å². The number of benzene rings is 2. The summed E-state index contributed by atoms with van der Waals surface area (Å²) in [6.45, 7) is 4.03. The van der Waals surface area contributed by atoms with Crippen LogP contribution in [0.25, 0.3) is 11.8 Å². The summed E-state index contributed by atoms with van der Waals surface area (Å²) >= 11 is 3.33. The highest BCUT2D eigenvalue weighted by Gasteiger charge is 2.37. The van der Waals surface area contributed by atoms with Crippen molar-refractivity contribution in [3.8, 4) is 5.69 Å². The van der Waals surface area contributed by atoms with E-state index in [0.29, 0.717) is 11.4 Å². The number of hydrogen-bond donors (Lipinski definition) is 1. The van der Waals surface area contributed by atoms with Crippen LogP contribution in [0.15, 0.2) is 70.8 Å². The molecule has 0 spiro atoms. The van der Waals surface area contributed by atoms with Crippen LogP contribution in [0.4, 0.5) is 10.5 Å². The maximum Gasteiger partial charge on any atom is 0.335 e. The molecule has 0 atom stereocenters. The first-order valence-electron chi connectivity index (χ1n) is 9.27. The van der Waals surface area contributed by atoms with Gasteiger partial charge < -0.3 is 4.57 Å². The number of nitrogens with one attached hydrogen (secondary N) is 1. The third kappa shape index (κ3) is 3.59. The van der Waals surface area contributed by atoms with Gasteiger partial charge in [-0.25, -0.2) is 9.69 Å². The fourth-order valence-electron chi connectivity index (χ4n) is 3.44. The minimum Gasteiger partial charge on any atom is -0.317 e. The van der Waals surface area contributed by atoms with E-state index in [1.165, 1.54) is 6.08 Å². The molecule has 1 aliphatic heterocycles. The van der Waals surface area contributed by atoms with Crippen molar-refractivity contribution in [1.82, 2.24) is 9.88 Å². The Bertz CT molecular complexity index is 1210. The van der Waals surface area contributed by atoms with Crippen LogP contribution in [-0.4, -0.2) is 22.4 Å². The molecule has 1 fully saturated rings. The van der Waals surface area contributed by atoms with Crippen LogP contribution in [0.1, 0.15) is 16.8 Å². The van der Waals surface area contributed by atoms with Crippen molar-refractivity contribution >= 4 is 45.5 Å². The van der Waals surface area contributed by atoms with Gasteiger partial charge in [0.2, 0.25) is 0 Å². The van der Waals surface area contributed by atoms with Gasteiger partial charge >= 0.3 is 6.03 Å². The zero-order chi connectivity index (χ0) is 21.4. The minimum atomic E-state index is -0.769. The number of aryl methyl sites for hydroxylation is 2. The Morgan fingerprint density at radius 2 is 1.70 bits per heavy atom. The molecule has 1 aromatic heterocycles. The number of nitrogens with zero attached hydrogens (tertiary/aromatic N) is 2. The summed E-state index contributed by atoms with van der Waals surface area (Å²) in [4.78, 5) is 38.8. The smallest absolute Gasteiger partial charge is 0.317 e. The Balaban J connectivity index is 1.76. The molecular weight excluding hydrogens is 446 g/mol. The van der Waals surface area contributed by atoms with Gasteiger partial charge in [-0.2, -0.15) is 0 Å². The molecule has 2 aromatic carbocycles. The average Bonchev–Trinajstić information content (AvgIpc) is 3.14. The molecule has 150 valence electrons. The predicted molar refractivity (Wildman–Crippen MR) is 118 cm³/mol. The SMILES string of the molecule is Cc1ccc(-n2cccc2/C=C2\C(=O)NC(=O)N(c3ccc(Br)cc3)C2=O)c(C)c1. The van der Waals surface area contributed by atoms with Crippen LogP contribution < -0.4 is 10.2 Å². The normalized spacial score (nSPS) is 15.6. The van der Waals surface area contributed by atoms with E-state index in [0.717, 1.165) is 26.2 Å². The molecular formula is C23H18BrN3O3. The first kappa shape index (κ1) is 19.8. The molecule has 4 rings (SSSR count). The number of urea groups is 1. The molecule has 0 bridgehead atoms. The number of imide groups is 2. The second-order valence-electron chi connectivity index (χ2n) is 7.03. The summed E-state index contributed by atoms with van der Waals surface area (Å²) in [5.41, 5.74) is 4.09. The number of amides is 4. The maximum absolute atomic E-state index is 13.1. The summed E-state index contributed by atoms with van der Waals surface area (Å²) in [6.07, 6.45) is 3.38. The van der Waals surface area contributed by atoms with Crippen molar-refractivity contribution in [3.63, 3.8) is 0 Å². The highest BCUT2D eigenvalue weighted by Crippen LogP contribution is 2.25. The van der Waals surface area contributed by atoms with Crippen molar-refractivity contribution in [3.05, 3.63) is 87.7 Å². The van der Waals surface area contributed by atoms with E-state index in [9.17, 15) is 14.4 Å². The number of hydrogen-bond acceptors (Lipinski definition) is 3. The number of rotatable bonds is 3. The molecule has 1 N–H and O–H groups in total. The molecule has 6 nitrogen and oxygen atoms in total. The van der Waals surface area contributed by atoms with E-state index in [4.69, 9.17) is 0 Å². The lowest BCUT2D eigenvalue weighted by Crippen LogP contribution is -2.54. The third-order valence-electron chi connectivity index (χ3n) is 4.87. The molecule has 0 saturated carbocycles. The molecule has 1 saturated heterocycles. The van der Waals surface area contributed by atoms with E-state index in [1.807, 2.05) is 48.9 Å². The Kier molecular flexibility index (Phi) is 5.13. The zero-order valence-electron chi connectivity index (χ0n) is 16.3. The molecule has 7 heteroatoms. The summed E-state index contributed by atoms with van der Waals surface area (Å²) in [5.74, 6) is -1.38. The fraction of sp³-hybridized carbons (Fsp3) is 0.0870. The maximum atomic E-state index is 13.1. The highest BCUT2D eigenvalue weighted by atomic mass is 79.9. The van der Waals surface area contributed by atoms with Gasteiger partial charge in [0, 0.05) is 22.1 Å². The van der Waals surface area contributed by atoms with Crippen LogP contribution >= 0.6 is 15.9 Å². The molecule has 30 heavy (non-hydrogen) atoms. The van der Waals surface area contributed by atoms with Crippen LogP contribution in [0.3, 0.4) is 0 Å². The minimum absolute atomic E-state index is 0.109. The lowest BCUT2D eigenvalue weighted by atomic mass is 10.1.